The van der Waals surface area contributed by atoms with Gasteiger partial charge in [0.2, 0.25) is 15.3 Å². The molecule has 11 heteroatoms. The first-order chi connectivity index (χ1) is 10.6. The summed E-state index contributed by atoms with van der Waals surface area (Å²) < 4.78 is 63.8. The van der Waals surface area contributed by atoms with Gasteiger partial charge in [-0.05, 0) is 23.7 Å². The number of nitrogens with zero attached hydrogens (tertiary/aromatic N) is 2. The first-order valence-electron chi connectivity index (χ1n) is 6.00. The normalized spacial score (nSPS) is 12.0. The number of anilines is 3. The van der Waals surface area contributed by atoms with E-state index in [4.69, 9.17) is 11.6 Å². The smallest absolute Gasteiger partial charge is 0.338 e. The topological polar surface area (TPSA) is 84.0 Å². The quantitative estimate of drug-likeness (QED) is 0.811. The SMILES string of the molecule is CS(=O)(=O)Nc1ccccc1Nc1nc(Cl)ncc1C(F)(F)F. The summed E-state index contributed by atoms with van der Waals surface area (Å²) in [5.74, 6) is -0.583. The van der Waals surface area contributed by atoms with E-state index in [2.05, 4.69) is 20.0 Å². The van der Waals surface area contributed by atoms with Gasteiger partial charge in [-0.3, -0.25) is 4.72 Å². The Morgan fingerprint density at radius 1 is 1.17 bits per heavy atom. The van der Waals surface area contributed by atoms with Gasteiger partial charge in [0.15, 0.2) is 0 Å². The molecule has 0 aliphatic heterocycles. The molecule has 0 unspecified atom stereocenters. The summed E-state index contributed by atoms with van der Waals surface area (Å²) in [4.78, 5) is 6.83. The largest absolute Gasteiger partial charge is 0.421 e. The Kier molecular flexibility index (Phi) is 4.66. The highest BCUT2D eigenvalue weighted by Gasteiger charge is 2.35. The summed E-state index contributed by atoms with van der Waals surface area (Å²) in [6, 6.07) is 5.82. The van der Waals surface area contributed by atoms with Crippen molar-refractivity contribution in [3.8, 4) is 0 Å². The van der Waals surface area contributed by atoms with Crippen molar-refractivity contribution in [1.82, 2.24) is 9.97 Å². The molecule has 1 aromatic carbocycles. The van der Waals surface area contributed by atoms with Gasteiger partial charge in [-0.1, -0.05) is 12.1 Å². The number of rotatable bonds is 4. The number of aromatic nitrogens is 2. The molecule has 0 aliphatic carbocycles. The molecule has 0 aliphatic rings. The van der Waals surface area contributed by atoms with E-state index in [0.29, 0.717) is 6.20 Å². The number of hydrogen-bond acceptors (Lipinski definition) is 5. The van der Waals surface area contributed by atoms with Crippen LogP contribution in [0.5, 0.6) is 0 Å². The van der Waals surface area contributed by atoms with Crippen LogP contribution in [0.1, 0.15) is 5.56 Å². The Morgan fingerprint density at radius 3 is 2.35 bits per heavy atom. The highest BCUT2D eigenvalue weighted by molar-refractivity contribution is 7.92. The minimum atomic E-state index is -4.70. The lowest BCUT2D eigenvalue weighted by atomic mass is 10.2. The van der Waals surface area contributed by atoms with Crippen LogP contribution in [-0.2, 0) is 16.2 Å². The molecule has 0 saturated carbocycles. The van der Waals surface area contributed by atoms with Gasteiger partial charge in [0, 0.05) is 6.20 Å². The van der Waals surface area contributed by atoms with E-state index in [0.717, 1.165) is 6.26 Å². The highest BCUT2D eigenvalue weighted by atomic mass is 35.5. The van der Waals surface area contributed by atoms with Crippen LogP contribution in [-0.4, -0.2) is 24.6 Å². The van der Waals surface area contributed by atoms with Crippen LogP contribution >= 0.6 is 11.6 Å². The summed E-state index contributed by atoms with van der Waals surface area (Å²) in [6.45, 7) is 0. The molecular formula is C12H10ClF3N4O2S. The van der Waals surface area contributed by atoms with Gasteiger partial charge in [-0.25, -0.2) is 13.4 Å². The maximum Gasteiger partial charge on any atom is 0.421 e. The lowest BCUT2D eigenvalue weighted by Crippen LogP contribution is -2.14. The second kappa shape index (κ2) is 6.20. The van der Waals surface area contributed by atoms with Crippen molar-refractivity contribution < 1.29 is 21.6 Å². The zero-order valence-electron chi connectivity index (χ0n) is 11.5. The Morgan fingerprint density at radius 2 is 1.78 bits per heavy atom. The number of nitrogens with one attached hydrogen (secondary N) is 2. The number of sulfonamides is 1. The molecule has 0 radical (unpaired) electrons. The fourth-order valence-electron chi connectivity index (χ4n) is 1.67. The first kappa shape index (κ1) is 17.3. The van der Waals surface area contributed by atoms with Crippen molar-refractivity contribution in [1.29, 1.82) is 0 Å². The van der Waals surface area contributed by atoms with Gasteiger partial charge in [-0.2, -0.15) is 18.2 Å². The molecule has 1 aromatic heterocycles. The molecule has 0 saturated heterocycles. The molecule has 124 valence electrons. The Hall–Kier alpha value is -2.07. The van der Waals surface area contributed by atoms with Crippen LogP contribution in [0.4, 0.5) is 30.4 Å². The third kappa shape index (κ3) is 4.70. The second-order valence-corrected chi connectivity index (χ2v) is 6.53. The van der Waals surface area contributed by atoms with E-state index in [1.165, 1.54) is 24.3 Å². The van der Waals surface area contributed by atoms with Crippen LogP contribution < -0.4 is 10.0 Å². The Bertz CT molecular complexity index is 827. The van der Waals surface area contributed by atoms with Gasteiger partial charge in [0.1, 0.15) is 11.4 Å². The molecule has 0 bridgehead atoms. The second-order valence-electron chi connectivity index (χ2n) is 4.44. The number of alkyl halides is 3. The average molecular weight is 367 g/mol. The number of hydrogen-bond donors (Lipinski definition) is 2. The molecule has 1 heterocycles. The fourth-order valence-corrected chi connectivity index (χ4v) is 2.38. The molecule has 2 rings (SSSR count). The van der Waals surface area contributed by atoms with Crippen molar-refractivity contribution in [3.63, 3.8) is 0 Å². The Labute approximate surface area is 134 Å². The average Bonchev–Trinajstić information content (AvgIpc) is 2.38. The summed E-state index contributed by atoms with van der Waals surface area (Å²) in [6.07, 6.45) is -3.23. The lowest BCUT2D eigenvalue weighted by Gasteiger charge is -2.16. The molecule has 0 amide bonds. The lowest BCUT2D eigenvalue weighted by molar-refractivity contribution is -0.137. The molecule has 0 atom stereocenters. The van der Waals surface area contributed by atoms with Gasteiger partial charge >= 0.3 is 6.18 Å². The Balaban J connectivity index is 2.46. The van der Waals surface area contributed by atoms with Crippen molar-refractivity contribution in [2.24, 2.45) is 0 Å². The van der Waals surface area contributed by atoms with Gasteiger partial charge in [0.25, 0.3) is 0 Å². The molecule has 0 fully saturated rings. The number of benzene rings is 1. The van der Waals surface area contributed by atoms with Crippen LogP contribution in [0, 0.1) is 0 Å². The minimum Gasteiger partial charge on any atom is -0.338 e. The van der Waals surface area contributed by atoms with Gasteiger partial charge < -0.3 is 5.32 Å². The predicted octanol–water partition coefficient (Wildman–Crippen LogP) is 3.26. The zero-order chi connectivity index (χ0) is 17.3. The van der Waals surface area contributed by atoms with E-state index >= 15 is 0 Å². The predicted molar refractivity (Wildman–Crippen MR) is 80.2 cm³/mol. The highest BCUT2D eigenvalue weighted by Crippen LogP contribution is 2.36. The first-order valence-corrected chi connectivity index (χ1v) is 8.27. The molecular weight excluding hydrogens is 357 g/mol. The van der Waals surface area contributed by atoms with Crippen molar-refractivity contribution in [2.75, 3.05) is 16.3 Å². The molecule has 6 nitrogen and oxygen atoms in total. The van der Waals surface area contributed by atoms with E-state index in [1.807, 2.05) is 0 Å². The standard InChI is InChI=1S/C12H10ClF3N4O2S/c1-23(21,22)20-9-5-3-2-4-8(9)18-10-7(12(14,15)16)6-17-11(13)19-10/h2-6,20H,1H3,(H,17,18,19). The summed E-state index contributed by atoms with van der Waals surface area (Å²) in [7, 11) is -3.61. The van der Waals surface area contributed by atoms with Crippen LogP contribution in [0.15, 0.2) is 30.5 Å². The monoisotopic (exact) mass is 366 g/mol. The zero-order valence-corrected chi connectivity index (χ0v) is 13.1. The minimum absolute atomic E-state index is 0.0675. The summed E-state index contributed by atoms with van der Waals surface area (Å²) in [5.41, 5.74) is -0.980. The van der Waals surface area contributed by atoms with E-state index < -0.39 is 27.6 Å². The van der Waals surface area contributed by atoms with Gasteiger partial charge in [0.05, 0.1) is 17.6 Å². The van der Waals surface area contributed by atoms with Crippen molar-refractivity contribution in [2.45, 2.75) is 6.18 Å². The molecule has 2 N–H and O–H groups in total. The third-order valence-corrected chi connectivity index (χ3v) is 3.31. The number of para-hydroxylation sites is 2. The van der Waals surface area contributed by atoms with Gasteiger partial charge in [-0.15, -0.1) is 0 Å². The number of halogens is 4. The molecule has 2 aromatic rings. The van der Waals surface area contributed by atoms with Crippen molar-refractivity contribution in [3.05, 3.63) is 41.3 Å². The van der Waals surface area contributed by atoms with Crippen molar-refractivity contribution >= 4 is 38.8 Å². The van der Waals surface area contributed by atoms with Crippen LogP contribution in [0.25, 0.3) is 0 Å². The summed E-state index contributed by atoms with van der Waals surface area (Å²) in [5, 5.41) is 2.05. The summed E-state index contributed by atoms with van der Waals surface area (Å²) >= 11 is 5.54. The van der Waals surface area contributed by atoms with E-state index in [1.54, 1.807) is 0 Å². The van der Waals surface area contributed by atoms with Crippen LogP contribution in [0.2, 0.25) is 5.28 Å². The van der Waals surface area contributed by atoms with E-state index in [9.17, 15) is 21.6 Å². The maximum absolute atomic E-state index is 13.0. The molecule has 0 spiro atoms. The fraction of sp³-hybridized carbons (Fsp3) is 0.167. The molecule has 23 heavy (non-hydrogen) atoms. The maximum atomic E-state index is 13.0. The van der Waals surface area contributed by atoms with E-state index in [-0.39, 0.29) is 16.7 Å². The third-order valence-electron chi connectivity index (χ3n) is 2.54. The van der Waals surface area contributed by atoms with Crippen LogP contribution in [0.3, 0.4) is 0 Å².